The van der Waals surface area contributed by atoms with Gasteiger partial charge in [0.15, 0.2) is 0 Å². The number of amides is 1. The fourth-order valence-electron chi connectivity index (χ4n) is 2.84. The zero-order valence-corrected chi connectivity index (χ0v) is 17.1. The summed E-state index contributed by atoms with van der Waals surface area (Å²) in [4.78, 5) is 12.3. The van der Waals surface area contributed by atoms with Crippen molar-refractivity contribution >= 4 is 21.6 Å². The minimum absolute atomic E-state index is 0.00344. The van der Waals surface area contributed by atoms with E-state index in [0.29, 0.717) is 6.42 Å². The van der Waals surface area contributed by atoms with Crippen LogP contribution in [0.5, 0.6) is 5.75 Å². The molecule has 1 amide bonds. The highest BCUT2D eigenvalue weighted by atomic mass is 32.2. The first-order valence-electron chi connectivity index (χ1n) is 9.18. The Morgan fingerprint density at radius 2 is 1.70 bits per heavy atom. The Bertz CT molecular complexity index is 1130. The van der Waals surface area contributed by atoms with Crippen LogP contribution < -0.4 is 14.8 Å². The Morgan fingerprint density at radius 3 is 2.40 bits per heavy atom. The number of carbonyl (C=O) groups is 1. The lowest BCUT2D eigenvalue weighted by atomic mass is 10.2. The van der Waals surface area contributed by atoms with E-state index < -0.39 is 21.7 Å². The van der Waals surface area contributed by atoms with Gasteiger partial charge in [-0.1, -0.05) is 42.5 Å². The van der Waals surface area contributed by atoms with Crippen LogP contribution in [0.4, 0.5) is 10.1 Å². The van der Waals surface area contributed by atoms with Gasteiger partial charge in [-0.15, -0.1) is 0 Å². The number of methoxy groups -OCH3 is 1. The molecule has 0 spiro atoms. The van der Waals surface area contributed by atoms with E-state index in [9.17, 15) is 17.6 Å². The van der Waals surface area contributed by atoms with Crippen molar-refractivity contribution in [1.82, 2.24) is 4.72 Å². The molecule has 0 saturated carbocycles. The molecule has 0 aromatic heterocycles. The van der Waals surface area contributed by atoms with Gasteiger partial charge in [0.05, 0.1) is 12.8 Å². The van der Waals surface area contributed by atoms with E-state index in [1.54, 1.807) is 6.07 Å². The smallest absolute Gasteiger partial charge is 0.255 e. The van der Waals surface area contributed by atoms with Crippen LogP contribution in [0, 0.1) is 5.82 Å². The van der Waals surface area contributed by atoms with Crippen LogP contribution in [0.25, 0.3) is 0 Å². The zero-order chi connectivity index (χ0) is 21.6. The topological polar surface area (TPSA) is 84.5 Å². The molecule has 3 rings (SSSR count). The first-order chi connectivity index (χ1) is 14.4. The maximum Gasteiger partial charge on any atom is 0.255 e. The molecule has 0 atom stereocenters. The molecule has 3 aromatic carbocycles. The lowest BCUT2D eigenvalue weighted by Crippen LogP contribution is -2.27. The zero-order valence-electron chi connectivity index (χ0n) is 16.3. The summed E-state index contributed by atoms with van der Waals surface area (Å²) in [5, 5.41) is 2.44. The number of anilines is 1. The second-order valence-corrected chi connectivity index (χ2v) is 8.17. The molecular weight excluding hydrogens is 407 g/mol. The third-order valence-electron chi connectivity index (χ3n) is 4.39. The molecule has 0 radical (unpaired) electrons. The van der Waals surface area contributed by atoms with Crippen LogP contribution in [0.3, 0.4) is 0 Å². The van der Waals surface area contributed by atoms with Gasteiger partial charge in [-0.2, -0.15) is 0 Å². The second kappa shape index (κ2) is 9.51. The largest absolute Gasteiger partial charge is 0.495 e. The van der Waals surface area contributed by atoms with E-state index in [1.807, 2.05) is 30.3 Å². The van der Waals surface area contributed by atoms with Crippen molar-refractivity contribution in [2.75, 3.05) is 19.0 Å². The first kappa shape index (κ1) is 21.5. The molecule has 0 bridgehead atoms. The summed E-state index contributed by atoms with van der Waals surface area (Å²) in [5.74, 6) is -1.12. The fourth-order valence-corrected chi connectivity index (χ4v) is 4.06. The van der Waals surface area contributed by atoms with Crippen molar-refractivity contribution < 1.29 is 22.3 Å². The molecule has 30 heavy (non-hydrogen) atoms. The molecule has 2 N–H and O–H groups in total. The molecule has 3 aromatic rings. The molecule has 0 aliphatic heterocycles. The van der Waals surface area contributed by atoms with Crippen LogP contribution in [-0.4, -0.2) is 28.0 Å². The number of rotatable bonds is 8. The highest BCUT2D eigenvalue weighted by Crippen LogP contribution is 2.25. The normalized spacial score (nSPS) is 11.1. The van der Waals surface area contributed by atoms with Gasteiger partial charge in [0.25, 0.3) is 5.91 Å². The summed E-state index contributed by atoms with van der Waals surface area (Å²) in [7, 11) is -2.59. The first-order valence-corrected chi connectivity index (χ1v) is 10.7. The molecule has 0 saturated heterocycles. The van der Waals surface area contributed by atoms with Gasteiger partial charge in [0, 0.05) is 12.1 Å². The summed E-state index contributed by atoms with van der Waals surface area (Å²) < 4.78 is 47.1. The number of hydrogen-bond acceptors (Lipinski definition) is 4. The molecule has 6 nitrogen and oxygen atoms in total. The van der Waals surface area contributed by atoms with Gasteiger partial charge in [-0.25, -0.2) is 17.5 Å². The minimum atomic E-state index is -3.94. The predicted molar refractivity (Wildman–Crippen MR) is 113 cm³/mol. The van der Waals surface area contributed by atoms with E-state index in [4.69, 9.17) is 4.74 Å². The molecule has 0 heterocycles. The molecule has 8 heteroatoms. The molecular formula is C22H21FN2O4S. The fraction of sp³-hybridized carbons (Fsp3) is 0.136. The summed E-state index contributed by atoms with van der Waals surface area (Å²) in [5.41, 5.74) is 1.05. The van der Waals surface area contributed by atoms with Crippen LogP contribution in [0.15, 0.2) is 77.7 Å². The van der Waals surface area contributed by atoms with Crippen molar-refractivity contribution in [2.24, 2.45) is 0 Å². The van der Waals surface area contributed by atoms with Gasteiger partial charge in [0.2, 0.25) is 10.0 Å². The Morgan fingerprint density at radius 1 is 1.00 bits per heavy atom. The number of para-hydroxylation sites is 1. The number of halogens is 1. The van der Waals surface area contributed by atoms with Crippen LogP contribution >= 0.6 is 0 Å². The average Bonchev–Trinajstić information content (AvgIpc) is 2.75. The van der Waals surface area contributed by atoms with Crippen molar-refractivity contribution in [3.63, 3.8) is 0 Å². The quantitative estimate of drug-likeness (QED) is 0.574. The van der Waals surface area contributed by atoms with E-state index in [2.05, 4.69) is 10.0 Å². The SMILES string of the molecule is COc1ccc(C(=O)Nc2ccccc2F)cc1S(=O)(=O)NCCc1ccccc1. The Kier molecular flexibility index (Phi) is 6.81. The second-order valence-electron chi connectivity index (χ2n) is 6.43. The molecule has 0 fully saturated rings. The minimum Gasteiger partial charge on any atom is -0.495 e. The Hall–Kier alpha value is -3.23. The van der Waals surface area contributed by atoms with Crippen LogP contribution in [0.1, 0.15) is 15.9 Å². The highest BCUT2D eigenvalue weighted by Gasteiger charge is 2.22. The summed E-state index contributed by atoms with van der Waals surface area (Å²) in [6.07, 6.45) is 0.510. The van der Waals surface area contributed by atoms with Crippen LogP contribution in [0.2, 0.25) is 0 Å². The summed E-state index contributed by atoms with van der Waals surface area (Å²) >= 11 is 0. The summed E-state index contributed by atoms with van der Waals surface area (Å²) in [6.45, 7) is 0.182. The maximum atomic E-state index is 13.8. The lowest BCUT2D eigenvalue weighted by Gasteiger charge is -2.13. The molecule has 0 aliphatic carbocycles. The van der Waals surface area contributed by atoms with Gasteiger partial charge in [-0.3, -0.25) is 4.79 Å². The van der Waals surface area contributed by atoms with Gasteiger partial charge >= 0.3 is 0 Å². The number of sulfonamides is 1. The van der Waals surface area contributed by atoms with Gasteiger partial charge in [0.1, 0.15) is 16.5 Å². The Balaban J connectivity index is 1.79. The monoisotopic (exact) mass is 428 g/mol. The Labute approximate surface area is 174 Å². The van der Waals surface area contributed by atoms with Gasteiger partial charge < -0.3 is 10.1 Å². The molecule has 0 aliphatic rings. The number of nitrogens with one attached hydrogen (secondary N) is 2. The third kappa shape index (κ3) is 5.22. The number of ether oxygens (including phenoxy) is 1. The number of hydrogen-bond donors (Lipinski definition) is 2. The molecule has 156 valence electrons. The van der Waals surface area contributed by atoms with E-state index in [0.717, 1.165) is 5.56 Å². The van der Waals surface area contributed by atoms with E-state index >= 15 is 0 Å². The van der Waals surface area contributed by atoms with Crippen molar-refractivity contribution in [1.29, 1.82) is 0 Å². The van der Waals surface area contributed by atoms with Gasteiger partial charge in [-0.05, 0) is 42.3 Å². The van der Waals surface area contributed by atoms with Crippen molar-refractivity contribution in [3.8, 4) is 5.75 Å². The molecule has 0 unspecified atom stereocenters. The maximum absolute atomic E-state index is 13.8. The van der Waals surface area contributed by atoms with E-state index in [-0.39, 0.29) is 28.4 Å². The third-order valence-corrected chi connectivity index (χ3v) is 5.87. The number of carbonyl (C=O) groups excluding carboxylic acids is 1. The standard InChI is InChI=1S/C22H21FN2O4S/c1-29-20-12-11-17(22(26)25-19-10-6-5-9-18(19)23)15-21(20)30(27,28)24-14-13-16-7-3-2-4-8-16/h2-12,15,24H,13-14H2,1H3,(H,25,26). The van der Waals surface area contributed by atoms with E-state index in [1.165, 1.54) is 43.5 Å². The van der Waals surface area contributed by atoms with Crippen LogP contribution in [-0.2, 0) is 16.4 Å². The van der Waals surface area contributed by atoms with Crippen molar-refractivity contribution in [2.45, 2.75) is 11.3 Å². The lowest BCUT2D eigenvalue weighted by molar-refractivity contribution is 0.102. The average molecular weight is 428 g/mol. The highest BCUT2D eigenvalue weighted by molar-refractivity contribution is 7.89. The predicted octanol–water partition coefficient (Wildman–Crippen LogP) is 3.61. The summed E-state index contributed by atoms with van der Waals surface area (Å²) in [6, 6.07) is 19.2. The number of benzene rings is 3. The van der Waals surface area contributed by atoms with Crippen molar-refractivity contribution in [3.05, 3.63) is 89.7 Å².